The van der Waals surface area contributed by atoms with Gasteiger partial charge in [0.25, 0.3) is 5.91 Å². The fraction of sp³-hybridized carbons (Fsp3) is 0.450. The summed E-state index contributed by atoms with van der Waals surface area (Å²) in [5.41, 5.74) is 1.30. The maximum atomic E-state index is 13.1. The molecule has 1 fully saturated rings. The van der Waals surface area contributed by atoms with Gasteiger partial charge in [-0.25, -0.2) is 18.4 Å². The van der Waals surface area contributed by atoms with E-state index in [4.69, 9.17) is 0 Å². The minimum Gasteiger partial charge on any atom is -0.345 e. The van der Waals surface area contributed by atoms with E-state index in [9.17, 15) is 13.2 Å². The van der Waals surface area contributed by atoms with Crippen LogP contribution in [0.2, 0.25) is 0 Å². The summed E-state index contributed by atoms with van der Waals surface area (Å²) in [6.45, 7) is 7.35. The van der Waals surface area contributed by atoms with Crippen molar-refractivity contribution in [2.75, 3.05) is 26.2 Å². The van der Waals surface area contributed by atoms with Crippen molar-refractivity contribution < 1.29 is 13.2 Å². The van der Waals surface area contributed by atoms with E-state index in [0.29, 0.717) is 34.9 Å². The van der Waals surface area contributed by atoms with Gasteiger partial charge in [0.2, 0.25) is 10.0 Å². The van der Waals surface area contributed by atoms with Gasteiger partial charge in [0.15, 0.2) is 0 Å². The molecule has 8 nitrogen and oxygen atoms in total. The standard InChI is InChI=1S/C20H25N5O3S2/c1-13(2)11-17-23-14(3)18(29-17)20(26)24-7-9-25(10-8-24)30(27,28)16-12-22-19-15(16)5-4-6-21-19/h4-6,12-13H,7-11H2,1-3H3,(H,21,22). The van der Waals surface area contributed by atoms with Gasteiger partial charge in [-0.2, -0.15) is 4.31 Å². The number of fused-ring (bicyclic) bond motifs is 1. The van der Waals surface area contributed by atoms with Crippen molar-refractivity contribution in [2.24, 2.45) is 5.92 Å². The second-order valence-corrected chi connectivity index (χ2v) is 10.9. The third kappa shape index (κ3) is 3.86. The molecule has 0 radical (unpaired) electrons. The molecule has 3 aromatic heterocycles. The predicted octanol–water partition coefficient (Wildman–Crippen LogP) is 2.67. The minimum absolute atomic E-state index is 0.0617. The lowest BCUT2D eigenvalue weighted by atomic mass is 10.1. The number of piperazine rings is 1. The summed E-state index contributed by atoms with van der Waals surface area (Å²) >= 11 is 1.45. The molecule has 3 aromatic rings. The van der Waals surface area contributed by atoms with Crippen molar-refractivity contribution in [3.05, 3.63) is 40.1 Å². The van der Waals surface area contributed by atoms with Crippen LogP contribution in [-0.4, -0.2) is 64.7 Å². The monoisotopic (exact) mass is 447 g/mol. The highest BCUT2D eigenvalue weighted by molar-refractivity contribution is 7.89. The first-order chi connectivity index (χ1) is 14.3. The van der Waals surface area contributed by atoms with Crippen molar-refractivity contribution in [1.29, 1.82) is 0 Å². The summed E-state index contributed by atoms with van der Waals surface area (Å²) in [4.78, 5) is 27.2. The maximum absolute atomic E-state index is 13.1. The fourth-order valence-electron chi connectivity index (χ4n) is 3.65. The summed E-state index contributed by atoms with van der Waals surface area (Å²) < 4.78 is 27.7. The van der Waals surface area contributed by atoms with Gasteiger partial charge in [-0.1, -0.05) is 13.8 Å². The highest BCUT2D eigenvalue weighted by atomic mass is 32.2. The van der Waals surface area contributed by atoms with Gasteiger partial charge in [-0.05, 0) is 25.0 Å². The minimum atomic E-state index is -3.66. The molecule has 0 aliphatic carbocycles. The number of nitrogens with one attached hydrogen (secondary N) is 1. The molecule has 160 valence electrons. The maximum Gasteiger partial charge on any atom is 0.265 e. The average molecular weight is 448 g/mol. The molecule has 1 amide bonds. The summed E-state index contributed by atoms with van der Waals surface area (Å²) in [6, 6.07) is 3.46. The van der Waals surface area contributed by atoms with Crippen LogP contribution in [0.4, 0.5) is 0 Å². The first-order valence-corrected chi connectivity index (χ1v) is 12.2. The average Bonchev–Trinajstić information content (AvgIpc) is 3.31. The summed E-state index contributed by atoms with van der Waals surface area (Å²) in [5.74, 6) is 0.417. The summed E-state index contributed by atoms with van der Waals surface area (Å²) in [5, 5.41) is 1.55. The Bertz CT molecular complexity index is 1170. The largest absolute Gasteiger partial charge is 0.345 e. The summed E-state index contributed by atoms with van der Waals surface area (Å²) in [6.07, 6.45) is 3.96. The van der Waals surface area contributed by atoms with Crippen LogP contribution >= 0.6 is 11.3 Å². The van der Waals surface area contributed by atoms with E-state index in [1.54, 1.807) is 23.2 Å². The third-order valence-electron chi connectivity index (χ3n) is 5.17. The van der Waals surface area contributed by atoms with Crippen molar-refractivity contribution in [3.63, 3.8) is 0 Å². The molecule has 1 N–H and O–H groups in total. The number of carbonyl (C=O) groups excluding carboxylic acids is 1. The van der Waals surface area contributed by atoms with E-state index < -0.39 is 10.0 Å². The SMILES string of the molecule is Cc1nc(CC(C)C)sc1C(=O)N1CCN(S(=O)(=O)c2c[nH]c3ncccc23)CC1. The second-order valence-electron chi connectivity index (χ2n) is 7.87. The van der Waals surface area contributed by atoms with Crippen molar-refractivity contribution >= 4 is 38.3 Å². The molecule has 0 spiro atoms. The lowest BCUT2D eigenvalue weighted by Gasteiger charge is -2.33. The van der Waals surface area contributed by atoms with E-state index in [-0.39, 0.29) is 23.9 Å². The van der Waals surface area contributed by atoms with Gasteiger partial charge in [0.05, 0.1) is 10.7 Å². The van der Waals surface area contributed by atoms with E-state index in [0.717, 1.165) is 17.1 Å². The first-order valence-electron chi connectivity index (χ1n) is 9.95. The van der Waals surface area contributed by atoms with Crippen LogP contribution in [0.5, 0.6) is 0 Å². The second kappa shape index (κ2) is 8.09. The zero-order valence-electron chi connectivity index (χ0n) is 17.3. The number of amides is 1. The number of thiazole rings is 1. The number of hydrogen-bond donors (Lipinski definition) is 1. The molecule has 1 aliphatic rings. The molecule has 4 heterocycles. The highest BCUT2D eigenvalue weighted by Gasteiger charge is 2.33. The van der Waals surface area contributed by atoms with Crippen LogP contribution < -0.4 is 0 Å². The molecule has 0 atom stereocenters. The van der Waals surface area contributed by atoms with Gasteiger partial charge in [-0.15, -0.1) is 11.3 Å². The molecule has 4 rings (SSSR count). The molecule has 0 aromatic carbocycles. The van der Waals surface area contributed by atoms with Gasteiger partial charge in [0, 0.05) is 50.4 Å². The number of aromatic amines is 1. The normalized spacial score (nSPS) is 15.9. The number of sulfonamides is 1. The first kappa shape index (κ1) is 21.0. The topological polar surface area (TPSA) is 99.3 Å². The van der Waals surface area contributed by atoms with Crippen molar-refractivity contribution in [3.8, 4) is 0 Å². The smallest absolute Gasteiger partial charge is 0.265 e. The number of pyridine rings is 1. The molecule has 0 unspecified atom stereocenters. The number of nitrogens with zero attached hydrogens (tertiary/aromatic N) is 4. The number of rotatable bonds is 5. The van der Waals surface area contributed by atoms with Crippen LogP contribution in [0.15, 0.2) is 29.4 Å². The van der Waals surface area contributed by atoms with Crippen LogP contribution in [0.1, 0.15) is 34.2 Å². The zero-order valence-corrected chi connectivity index (χ0v) is 18.9. The number of hydrogen-bond acceptors (Lipinski definition) is 6. The van der Waals surface area contributed by atoms with E-state index in [1.807, 2.05) is 6.92 Å². The quantitative estimate of drug-likeness (QED) is 0.648. The van der Waals surface area contributed by atoms with E-state index in [2.05, 4.69) is 28.8 Å². The number of aromatic nitrogens is 3. The van der Waals surface area contributed by atoms with Crippen LogP contribution in [-0.2, 0) is 16.4 Å². The van der Waals surface area contributed by atoms with Crippen LogP contribution in [0, 0.1) is 12.8 Å². The Labute approximate surface area is 180 Å². The zero-order chi connectivity index (χ0) is 21.5. The predicted molar refractivity (Wildman–Crippen MR) is 116 cm³/mol. The molecule has 0 bridgehead atoms. The van der Waals surface area contributed by atoms with Crippen LogP contribution in [0.25, 0.3) is 11.0 Å². The van der Waals surface area contributed by atoms with Crippen LogP contribution in [0.3, 0.4) is 0 Å². The third-order valence-corrected chi connectivity index (χ3v) is 8.28. The number of H-pyrrole nitrogens is 1. The van der Waals surface area contributed by atoms with Gasteiger partial charge in [-0.3, -0.25) is 4.79 Å². The number of aryl methyl sites for hydroxylation is 1. The highest BCUT2D eigenvalue weighted by Crippen LogP contribution is 2.26. The van der Waals surface area contributed by atoms with E-state index >= 15 is 0 Å². The lowest BCUT2D eigenvalue weighted by Crippen LogP contribution is -2.50. The Morgan fingerprint density at radius 2 is 2.00 bits per heavy atom. The molecule has 30 heavy (non-hydrogen) atoms. The molecular formula is C20H25N5O3S2. The Hall–Kier alpha value is -2.30. The Balaban J connectivity index is 1.47. The molecule has 1 aliphatic heterocycles. The molecule has 1 saturated heterocycles. The van der Waals surface area contributed by atoms with Gasteiger partial charge >= 0.3 is 0 Å². The number of carbonyl (C=O) groups is 1. The van der Waals surface area contributed by atoms with E-state index in [1.165, 1.54) is 21.8 Å². The Kier molecular flexibility index (Phi) is 5.65. The van der Waals surface area contributed by atoms with Gasteiger partial charge < -0.3 is 9.88 Å². The lowest BCUT2D eigenvalue weighted by molar-refractivity contribution is 0.0702. The fourth-order valence-corrected chi connectivity index (χ4v) is 6.46. The van der Waals surface area contributed by atoms with Crippen molar-refractivity contribution in [2.45, 2.75) is 32.1 Å². The van der Waals surface area contributed by atoms with Gasteiger partial charge in [0.1, 0.15) is 15.4 Å². The molecule has 0 saturated carbocycles. The van der Waals surface area contributed by atoms with Crippen molar-refractivity contribution in [1.82, 2.24) is 24.2 Å². The Morgan fingerprint density at radius 1 is 1.27 bits per heavy atom. The summed E-state index contributed by atoms with van der Waals surface area (Å²) in [7, 11) is -3.66. The molecular weight excluding hydrogens is 422 g/mol. The molecule has 10 heteroatoms. The Morgan fingerprint density at radius 3 is 2.70 bits per heavy atom.